The van der Waals surface area contributed by atoms with Crippen molar-refractivity contribution in [1.82, 2.24) is 0 Å². The molecule has 0 aliphatic carbocycles. The van der Waals surface area contributed by atoms with Gasteiger partial charge in [-0.15, -0.1) is 36.3 Å². The van der Waals surface area contributed by atoms with Gasteiger partial charge in [-0.2, -0.15) is 0 Å². The van der Waals surface area contributed by atoms with Crippen LogP contribution < -0.4 is 9.88 Å². The molecule has 0 atom stereocenters. The van der Waals surface area contributed by atoms with Crippen LogP contribution in [0.3, 0.4) is 0 Å². The maximum Gasteiger partial charge on any atom is 0.573 e. The summed E-state index contributed by atoms with van der Waals surface area (Å²) < 4.78 is 63.0. The van der Waals surface area contributed by atoms with E-state index in [4.69, 9.17) is 5.14 Å². The van der Waals surface area contributed by atoms with Crippen molar-refractivity contribution in [3.63, 3.8) is 0 Å². The van der Waals surface area contributed by atoms with Gasteiger partial charge in [0.25, 0.3) is 0 Å². The minimum Gasteiger partial charge on any atom is -0.406 e. The van der Waals surface area contributed by atoms with Gasteiger partial charge in [0, 0.05) is 5.75 Å². The molecule has 0 bridgehead atoms. The van der Waals surface area contributed by atoms with E-state index in [2.05, 4.69) is 4.74 Å². The summed E-state index contributed by atoms with van der Waals surface area (Å²) in [6.07, 6.45) is -4.71. The largest absolute Gasteiger partial charge is 0.573 e. The SMILES string of the molecule is NS(=O)(=O)c1ccc(SCc2ccc(OC(F)(F)F)cc2)s1. The molecule has 0 unspecified atom stereocenters. The Morgan fingerprint density at radius 1 is 1.14 bits per heavy atom. The van der Waals surface area contributed by atoms with Crippen molar-refractivity contribution in [2.45, 2.75) is 20.5 Å². The van der Waals surface area contributed by atoms with E-state index in [-0.39, 0.29) is 9.96 Å². The summed E-state index contributed by atoms with van der Waals surface area (Å²) in [7, 11) is -3.71. The zero-order chi connectivity index (χ0) is 16.4. The molecule has 0 radical (unpaired) electrons. The van der Waals surface area contributed by atoms with Crippen molar-refractivity contribution >= 4 is 33.1 Å². The van der Waals surface area contributed by atoms with Crippen molar-refractivity contribution < 1.29 is 26.3 Å². The molecule has 2 rings (SSSR count). The molecule has 0 aliphatic rings. The first-order valence-electron chi connectivity index (χ1n) is 5.74. The van der Waals surface area contributed by atoms with Crippen LogP contribution in [0.1, 0.15) is 5.56 Å². The number of ether oxygens (including phenoxy) is 1. The lowest BCUT2D eigenvalue weighted by molar-refractivity contribution is -0.274. The van der Waals surface area contributed by atoms with E-state index in [1.807, 2.05) is 0 Å². The van der Waals surface area contributed by atoms with Crippen molar-refractivity contribution in [2.75, 3.05) is 0 Å². The van der Waals surface area contributed by atoms with E-state index >= 15 is 0 Å². The van der Waals surface area contributed by atoms with E-state index in [9.17, 15) is 21.6 Å². The van der Waals surface area contributed by atoms with Crippen LogP contribution in [0, 0.1) is 0 Å². The van der Waals surface area contributed by atoms with Gasteiger partial charge in [-0.1, -0.05) is 12.1 Å². The van der Waals surface area contributed by atoms with Crippen LogP contribution in [0.2, 0.25) is 0 Å². The second-order valence-corrected chi connectivity index (χ2v) is 8.25. The van der Waals surface area contributed by atoms with E-state index < -0.39 is 16.4 Å². The van der Waals surface area contributed by atoms with Gasteiger partial charge in [0.1, 0.15) is 9.96 Å². The fourth-order valence-electron chi connectivity index (χ4n) is 1.48. The maximum absolute atomic E-state index is 12.0. The Bertz CT molecular complexity index is 739. The third kappa shape index (κ3) is 5.20. The highest BCUT2D eigenvalue weighted by atomic mass is 32.3. The van der Waals surface area contributed by atoms with Crippen LogP contribution in [0.4, 0.5) is 13.2 Å². The quantitative estimate of drug-likeness (QED) is 0.818. The number of hydrogen-bond donors (Lipinski definition) is 1. The molecule has 2 aromatic rings. The fraction of sp³-hybridized carbons (Fsp3) is 0.167. The first-order chi connectivity index (χ1) is 10.1. The van der Waals surface area contributed by atoms with Gasteiger partial charge in [-0.3, -0.25) is 0 Å². The first kappa shape index (κ1) is 17.1. The fourth-order valence-corrected chi connectivity index (χ4v) is 4.44. The van der Waals surface area contributed by atoms with E-state index in [1.165, 1.54) is 42.1 Å². The van der Waals surface area contributed by atoms with Crippen LogP contribution in [0.5, 0.6) is 5.75 Å². The Hall–Kier alpha value is -1.23. The smallest absolute Gasteiger partial charge is 0.406 e. The second kappa shape index (κ2) is 6.49. The number of nitrogens with two attached hydrogens (primary N) is 1. The predicted molar refractivity (Wildman–Crippen MR) is 78.4 cm³/mol. The number of alkyl halides is 3. The Labute approximate surface area is 133 Å². The lowest BCUT2D eigenvalue weighted by Gasteiger charge is -2.09. The summed E-state index contributed by atoms with van der Waals surface area (Å²) in [5, 5.41) is 5.01. The molecule has 0 aliphatic heterocycles. The van der Waals surface area contributed by atoms with Crippen LogP contribution in [-0.4, -0.2) is 14.8 Å². The molecule has 4 nitrogen and oxygen atoms in total. The number of rotatable bonds is 5. The highest BCUT2D eigenvalue weighted by Gasteiger charge is 2.30. The number of sulfonamides is 1. The Kier molecular flexibility index (Phi) is 5.05. The molecule has 2 N–H and O–H groups in total. The molecule has 1 aromatic carbocycles. The Balaban J connectivity index is 1.96. The highest BCUT2D eigenvalue weighted by molar-refractivity contribution is 8.00. The van der Waals surface area contributed by atoms with Gasteiger partial charge < -0.3 is 4.74 Å². The third-order valence-electron chi connectivity index (χ3n) is 2.38. The average molecular weight is 369 g/mol. The molecule has 1 heterocycles. The number of benzene rings is 1. The molecule has 120 valence electrons. The Morgan fingerprint density at radius 2 is 1.77 bits per heavy atom. The van der Waals surface area contributed by atoms with Crippen LogP contribution >= 0.6 is 23.1 Å². The molecular weight excluding hydrogens is 359 g/mol. The third-order valence-corrected chi connectivity index (χ3v) is 6.20. The molecule has 0 amide bonds. The van der Waals surface area contributed by atoms with Crippen LogP contribution in [0.15, 0.2) is 44.8 Å². The number of primary sulfonamides is 1. The number of thioether (sulfide) groups is 1. The van der Waals surface area contributed by atoms with Gasteiger partial charge in [0.05, 0.1) is 4.21 Å². The summed E-state index contributed by atoms with van der Waals surface area (Å²) in [5.41, 5.74) is 0.782. The zero-order valence-corrected chi connectivity index (χ0v) is 13.3. The number of halogens is 3. The van der Waals surface area contributed by atoms with Crippen LogP contribution in [-0.2, 0) is 15.8 Å². The maximum atomic E-state index is 12.0. The minimum atomic E-state index is -4.71. The number of hydrogen-bond acceptors (Lipinski definition) is 5. The molecule has 0 saturated heterocycles. The van der Waals surface area contributed by atoms with Gasteiger partial charge in [0.2, 0.25) is 10.0 Å². The highest BCUT2D eigenvalue weighted by Crippen LogP contribution is 2.32. The lowest BCUT2D eigenvalue weighted by atomic mass is 10.2. The topological polar surface area (TPSA) is 69.4 Å². The molecule has 0 fully saturated rings. The standard InChI is InChI=1S/C12H10F3NO3S3/c13-12(14,15)19-9-3-1-8(2-4-9)7-20-10-5-6-11(21-10)22(16,17)18/h1-6H,7H2,(H2,16,17,18). The van der Waals surface area contributed by atoms with Gasteiger partial charge >= 0.3 is 6.36 Å². The minimum absolute atomic E-state index is 0.0731. The first-order valence-corrected chi connectivity index (χ1v) is 9.08. The summed E-state index contributed by atoms with van der Waals surface area (Å²) in [4.78, 5) is 0. The summed E-state index contributed by atoms with van der Waals surface area (Å²) in [6, 6.07) is 8.55. The lowest BCUT2D eigenvalue weighted by Crippen LogP contribution is -2.16. The van der Waals surface area contributed by atoms with Gasteiger partial charge in [-0.25, -0.2) is 13.6 Å². The van der Waals surface area contributed by atoms with E-state index in [0.29, 0.717) is 5.75 Å². The van der Waals surface area contributed by atoms with Crippen molar-refractivity contribution in [3.8, 4) is 5.75 Å². The average Bonchev–Trinajstić information content (AvgIpc) is 2.85. The molecule has 0 spiro atoms. The second-order valence-electron chi connectivity index (χ2n) is 4.10. The number of thiophene rings is 1. The van der Waals surface area contributed by atoms with Crippen molar-refractivity contribution in [2.24, 2.45) is 5.14 Å². The van der Waals surface area contributed by atoms with Crippen molar-refractivity contribution in [1.29, 1.82) is 0 Å². The van der Waals surface area contributed by atoms with Crippen LogP contribution in [0.25, 0.3) is 0 Å². The predicted octanol–water partition coefficient (Wildman–Crippen LogP) is 3.59. The normalized spacial score (nSPS) is 12.4. The van der Waals surface area contributed by atoms with Crippen molar-refractivity contribution in [3.05, 3.63) is 42.0 Å². The van der Waals surface area contributed by atoms with Gasteiger partial charge in [-0.05, 0) is 29.8 Å². The molecular formula is C12H10F3NO3S3. The monoisotopic (exact) mass is 369 g/mol. The van der Waals surface area contributed by atoms with Gasteiger partial charge in [0.15, 0.2) is 0 Å². The van der Waals surface area contributed by atoms with E-state index in [1.54, 1.807) is 6.07 Å². The molecule has 0 saturated carbocycles. The summed E-state index contributed by atoms with van der Waals surface area (Å²) >= 11 is 2.41. The summed E-state index contributed by atoms with van der Waals surface area (Å²) in [6.45, 7) is 0. The zero-order valence-electron chi connectivity index (χ0n) is 10.8. The Morgan fingerprint density at radius 3 is 2.27 bits per heavy atom. The summed E-state index contributed by atoms with van der Waals surface area (Å²) in [5.74, 6) is 0.200. The van der Waals surface area contributed by atoms with E-state index in [0.717, 1.165) is 21.1 Å². The molecule has 10 heteroatoms. The molecule has 22 heavy (non-hydrogen) atoms. The molecule has 1 aromatic heterocycles.